The summed E-state index contributed by atoms with van der Waals surface area (Å²) in [6.45, 7) is 0. The van der Waals surface area contributed by atoms with E-state index in [1.807, 2.05) is 0 Å². The average Bonchev–Trinajstić information content (AvgIpc) is 2.74. The van der Waals surface area contributed by atoms with Crippen LogP contribution in [-0.4, -0.2) is 21.2 Å². The van der Waals surface area contributed by atoms with E-state index in [-0.39, 0.29) is 0 Å². The zero-order chi connectivity index (χ0) is 12.5. The fourth-order valence-electron chi connectivity index (χ4n) is 2.84. The lowest BCUT2D eigenvalue weighted by Crippen LogP contribution is -2.07. The summed E-state index contributed by atoms with van der Waals surface area (Å²) in [5, 5.41) is 1.17. The van der Waals surface area contributed by atoms with Crippen LogP contribution < -0.4 is 0 Å². The van der Waals surface area contributed by atoms with Gasteiger partial charge in [0.1, 0.15) is 17.1 Å². The number of aldehydes is 1. The van der Waals surface area contributed by atoms with Crippen molar-refractivity contribution >= 4 is 28.9 Å². The smallest absolute Gasteiger partial charge is 0.153 e. The van der Waals surface area contributed by atoms with Crippen LogP contribution in [0.3, 0.4) is 0 Å². The molecule has 0 unspecified atom stereocenters. The normalized spacial score (nSPS) is 17.2. The molecule has 1 aliphatic rings. The maximum Gasteiger partial charge on any atom is 0.153 e. The molecule has 2 aromatic rings. The molecule has 2 aromatic heterocycles. The monoisotopic (exact) mass is 263 g/mol. The molecule has 0 spiro atoms. The number of H-pyrrole nitrogens is 1. The van der Waals surface area contributed by atoms with Crippen LogP contribution >= 0.6 is 11.6 Å². The highest BCUT2D eigenvalue weighted by Gasteiger charge is 2.23. The number of aromatic amines is 1. The molecule has 0 aliphatic heterocycles. The minimum atomic E-state index is 0.359. The highest BCUT2D eigenvalue weighted by molar-refractivity contribution is 6.34. The molecular weight excluding hydrogens is 250 g/mol. The van der Waals surface area contributed by atoms with Gasteiger partial charge in [0.15, 0.2) is 6.29 Å². The van der Waals surface area contributed by atoms with Gasteiger partial charge in [-0.25, -0.2) is 9.97 Å². The second kappa shape index (κ2) is 4.69. The number of halogens is 1. The zero-order valence-corrected chi connectivity index (χ0v) is 10.7. The third-order valence-corrected chi connectivity index (χ3v) is 4.02. The molecule has 0 radical (unpaired) electrons. The number of carbonyl (C=O) groups is 1. The number of aromatic nitrogens is 3. The van der Waals surface area contributed by atoms with Crippen molar-refractivity contribution in [2.75, 3.05) is 0 Å². The van der Waals surface area contributed by atoms with Crippen LogP contribution in [0, 0.1) is 0 Å². The summed E-state index contributed by atoms with van der Waals surface area (Å²) < 4.78 is 0. The van der Waals surface area contributed by atoms with Crippen LogP contribution in [0.2, 0.25) is 5.15 Å². The number of hydrogen-bond donors (Lipinski definition) is 1. The number of rotatable bonds is 2. The number of fused-ring (bicyclic) bond motifs is 1. The summed E-state index contributed by atoms with van der Waals surface area (Å²) in [5.74, 6) is 0.426. The molecule has 0 atom stereocenters. The quantitative estimate of drug-likeness (QED) is 0.844. The SMILES string of the molecule is O=Cc1c(Cl)[nH]c2ncnc(C3CCCCC3)c12. The summed E-state index contributed by atoms with van der Waals surface area (Å²) in [7, 11) is 0. The van der Waals surface area contributed by atoms with Gasteiger partial charge in [-0.1, -0.05) is 30.9 Å². The predicted octanol–water partition coefficient (Wildman–Crippen LogP) is 3.47. The molecule has 5 heteroatoms. The van der Waals surface area contributed by atoms with Gasteiger partial charge in [-0.2, -0.15) is 0 Å². The largest absolute Gasteiger partial charge is 0.330 e. The molecular formula is C13H14ClN3O. The van der Waals surface area contributed by atoms with Crippen molar-refractivity contribution < 1.29 is 4.79 Å². The minimum absolute atomic E-state index is 0.359. The van der Waals surface area contributed by atoms with Crippen LogP contribution in [0.1, 0.15) is 54.1 Å². The van der Waals surface area contributed by atoms with Crippen molar-refractivity contribution in [2.45, 2.75) is 38.0 Å². The summed E-state index contributed by atoms with van der Waals surface area (Å²) in [6.07, 6.45) is 8.35. The third-order valence-electron chi connectivity index (χ3n) is 3.72. The summed E-state index contributed by atoms with van der Waals surface area (Å²) >= 11 is 6.02. The average molecular weight is 264 g/mol. The van der Waals surface area contributed by atoms with E-state index in [1.165, 1.54) is 19.3 Å². The van der Waals surface area contributed by atoms with E-state index in [4.69, 9.17) is 11.6 Å². The molecule has 1 N–H and O–H groups in total. The van der Waals surface area contributed by atoms with E-state index < -0.39 is 0 Å². The Labute approximate surface area is 110 Å². The second-order valence-electron chi connectivity index (χ2n) is 4.79. The number of hydrogen-bond acceptors (Lipinski definition) is 3. The molecule has 94 valence electrons. The van der Waals surface area contributed by atoms with Gasteiger partial charge in [-0.15, -0.1) is 0 Å². The Morgan fingerprint density at radius 3 is 2.78 bits per heavy atom. The molecule has 18 heavy (non-hydrogen) atoms. The first-order valence-electron chi connectivity index (χ1n) is 6.28. The molecule has 4 nitrogen and oxygen atoms in total. The lowest BCUT2D eigenvalue weighted by Gasteiger charge is -2.21. The van der Waals surface area contributed by atoms with Gasteiger partial charge in [0, 0.05) is 5.92 Å². The van der Waals surface area contributed by atoms with Crippen LogP contribution in [0.15, 0.2) is 6.33 Å². The molecule has 0 aromatic carbocycles. The Bertz CT molecular complexity index is 587. The van der Waals surface area contributed by atoms with Gasteiger partial charge < -0.3 is 4.98 Å². The summed E-state index contributed by atoms with van der Waals surface area (Å²) in [6, 6.07) is 0. The number of nitrogens with one attached hydrogen (secondary N) is 1. The van der Waals surface area contributed by atoms with Crippen molar-refractivity contribution in [3.8, 4) is 0 Å². The maximum absolute atomic E-state index is 11.2. The maximum atomic E-state index is 11.2. The molecule has 2 heterocycles. The highest BCUT2D eigenvalue weighted by Crippen LogP contribution is 2.36. The molecule has 1 aliphatic carbocycles. The Morgan fingerprint density at radius 1 is 1.28 bits per heavy atom. The lowest BCUT2D eigenvalue weighted by molar-refractivity contribution is 0.112. The van der Waals surface area contributed by atoms with Crippen molar-refractivity contribution in [1.29, 1.82) is 0 Å². The van der Waals surface area contributed by atoms with Gasteiger partial charge in [0.05, 0.1) is 16.6 Å². The Morgan fingerprint density at radius 2 is 2.06 bits per heavy atom. The van der Waals surface area contributed by atoms with E-state index in [0.29, 0.717) is 22.3 Å². The number of carbonyl (C=O) groups excluding carboxylic acids is 1. The second-order valence-corrected chi connectivity index (χ2v) is 5.17. The fraction of sp³-hybridized carbons (Fsp3) is 0.462. The van der Waals surface area contributed by atoms with Gasteiger partial charge >= 0.3 is 0 Å². The third kappa shape index (κ3) is 1.81. The summed E-state index contributed by atoms with van der Waals surface area (Å²) in [5.41, 5.74) is 2.13. The van der Waals surface area contributed by atoms with Crippen molar-refractivity contribution in [3.05, 3.63) is 22.7 Å². The Balaban J connectivity index is 2.18. The van der Waals surface area contributed by atoms with Crippen LogP contribution in [0.5, 0.6) is 0 Å². The van der Waals surface area contributed by atoms with E-state index >= 15 is 0 Å². The molecule has 3 rings (SSSR count). The van der Waals surface area contributed by atoms with E-state index in [1.54, 1.807) is 6.33 Å². The molecule has 0 bridgehead atoms. The number of nitrogens with zero attached hydrogens (tertiary/aromatic N) is 2. The Hall–Kier alpha value is -1.42. The van der Waals surface area contributed by atoms with Gasteiger partial charge in [-0.05, 0) is 12.8 Å². The van der Waals surface area contributed by atoms with E-state index in [0.717, 1.165) is 30.2 Å². The van der Waals surface area contributed by atoms with E-state index in [2.05, 4.69) is 15.0 Å². The lowest BCUT2D eigenvalue weighted by atomic mass is 9.85. The van der Waals surface area contributed by atoms with Gasteiger partial charge in [-0.3, -0.25) is 4.79 Å². The van der Waals surface area contributed by atoms with Crippen molar-refractivity contribution in [2.24, 2.45) is 0 Å². The molecule has 1 fully saturated rings. The topological polar surface area (TPSA) is 58.6 Å². The first-order chi connectivity index (χ1) is 8.81. The van der Waals surface area contributed by atoms with E-state index in [9.17, 15) is 4.79 Å². The minimum Gasteiger partial charge on any atom is -0.330 e. The van der Waals surface area contributed by atoms with Crippen LogP contribution in [0.4, 0.5) is 0 Å². The van der Waals surface area contributed by atoms with Gasteiger partial charge in [0.25, 0.3) is 0 Å². The zero-order valence-electron chi connectivity index (χ0n) is 9.95. The first-order valence-corrected chi connectivity index (χ1v) is 6.66. The van der Waals surface area contributed by atoms with Crippen LogP contribution in [-0.2, 0) is 0 Å². The standard InChI is InChI=1S/C13H14ClN3O/c14-12-9(6-18)10-11(8-4-2-1-3-5-8)15-7-16-13(10)17-12/h6-8H,1-5H2,(H,15,16,17). The van der Waals surface area contributed by atoms with Crippen molar-refractivity contribution in [3.63, 3.8) is 0 Å². The summed E-state index contributed by atoms with van der Waals surface area (Å²) in [4.78, 5) is 22.7. The fourth-order valence-corrected chi connectivity index (χ4v) is 3.07. The highest BCUT2D eigenvalue weighted by atomic mass is 35.5. The predicted molar refractivity (Wildman–Crippen MR) is 70.1 cm³/mol. The molecule has 0 amide bonds. The molecule has 0 saturated heterocycles. The van der Waals surface area contributed by atoms with Crippen molar-refractivity contribution in [1.82, 2.24) is 15.0 Å². The van der Waals surface area contributed by atoms with Gasteiger partial charge in [0.2, 0.25) is 0 Å². The Kier molecular flexibility index (Phi) is 3.04. The first kappa shape index (κ1) is 11.7. The van der Waals surface area contributed by atoms with Crippen LogP contribution in [0.25, 0.3) is 11.0 Å². The molecule has 1 saturated carbocycles.